The molecule has 1 unspecified atom stereocenters. The molecule has 4 rings (SSSR count). The van der Waals surface area contributed by atoms with E-state index in [4.69, 9.17) is 0 Å². The van der Waals surface area contributed by atoms with Gasteiger partial charge in [0, 0.05) is 12.1 Å². The standard InChI is InChI=1S/C16H11F3N2OS/c17-16(18,19)10-5-6-12-13(7-10)23-15(20-12)21-8-9-3-1-2-4-11(9)14(21)22/h1-7,14,22H,8H2. The van der Waals surface area contributed by atoms with Gasteiger partial charge in [0.05, 0.1) is 15.8 Å². The number of thiazole rings is 1. The van der Waals surface area contributed by atoms with Crippen LogP contribution in [0.1, 0.15) is 22.9 Å². The first-order valence-electron chi connectivity index (χ1n) is 6.94. The summed E-state index contributed by atoms with van der Waals surface area (Å²) >= 11 is 1.15. The summed E-state index contributed by atoms with van der Waals surface area (Å²) in [6.07, 6.45) is -5.20. The maximum Gasteiger partial charge on any atom is 0.416 e. The summed E-state index contributed by atoms with van der Waals surface area (Å²) in [7, 11) is 0. The highest BCUT2D eigenvalue weighted by molar-refractivity contribution is 7.22. The topological polar surface area (TPSA) is 36.4 Å². The van der Waals surface area contributed by atoms with Crippen molar-refractivity contribution in [2.24, 2.45) is 0 Å². The largest absolute Gasteiger partial charge is 0.416 e. The van der Waals surface area contributed by atoms with Gasteiger partial charge in [0.25, 0.3) is 0 Å². The van der Waals surface area contributed by atoms with Gasteiger partial charge in [-0.1, -0.05) is 35.6 Å². The Hall–Kier alpha value is -2.12. The molecule has 3 nitrogen and oxygen atoms in total. The summed E-state index contributed by atoms with van der Waals surface area (Å²) in [6, 6.07) is 11.0. The molecule has 0 aliphatic carbocycles. The van der Waals surface area contributed by atoms with E-state index in [1.807, 2.05) is 24.3 Å². The predicted octanol–water partition coefficient (Wildman–Crippen LogP) is 4.33. The molecule has 1 N–H and O–H groups in total. The summed E-state index contributed by atoms with van der Waals surface area (Å²) in [4.78, 5) is 6.07. The van der Waals surface area contributed by atoms with Crippen molar-refractivity contribution in [3.63, 3.8) is 0 Å². The minimum atomic E-state index is -4.37. The first-order valence-corrected chi connectivity index (χ1v) is 7.75. The Kier molecular flexibility index (Phi) is 3.11. The normalized spacial score (nSPS) is 17.7. The second-order valence-corrected chi connectivity index (χ2v) is 6.39. The van der Waals surface area contributed by atoms with E-state index in [1.54, 1.807) is 4.90 Å². The van der Waals surface area contributed by atoms with Gasteiger partial charge >= 0.3 is 6.18 Å². The Bertz CT molecular complexity index is 890. The summed E-state index contributed by atoms with van der Waals surface area (Å²) in [5.41, 5.74) is 1.62. The lowest BCUT2D eigenvalue weighted by atomic mass is 10.1. The maximum absolute atomic E-state index is 12.8. The molecule has 1 atom stereocenters. The van der Waals surface area contributed by atoms with Crippen molar-refractivity contribution in [1.82, 2.24) is 4.98 Å². The highest BCUT2D eigenvalue weighted by Gasteiger charge is 2.32. The van der Waals surface area contributed by atoms with Gasteiger partial charge in [-0.2, -0.15) is 13.2 Å². The monoisotopic (exact) mass is 336 g/mol. The number of alkyl halides is 3. The summed E-state index contributed by atoms with van der Waals surface area (Å²) < 4.78 is 38.9. The van der Waals surface area contributed by atoms with Crippen LogP contribution in [0.15, 0.2) is 42.5 Å². The van der Waals surface area contributed by atoms with Crippen molar-refractivity contribution in [3.8, 4) is 0 Å². The molecule has 1 aliphatic rings. The average molecular weight is 336 g/mol. The number of halogens is 3. The molecule has 23 heavy (non-hydrogen) atoms. The van der Waals surface area contributed by atoms with Crippen molar-refractivity contribution in [2.75, 3.05) is 4.90 Å². The number of hydrogen-bond donors (Lipinski definition) is 1. The fourth-order valence-electron chi connectivity index (χ4n) is 2.75. The van der Waals surface area contributed by atoms with E-state index in [9.17, 15) is 18.3 Å². The second-order valence-electron chi connectivity index (χ2n) is 5.38. The van der Waals surface area contributed by atoms with Crippen LogP contribution < -0.4 is 4.90 Å². The number of fused-ring (bicyclic) bond motifs is 2. The maximum atomic E-state index is 12.8. The molecule has 2 aromatic carbocycles. The molecule has 0 radical (unpaired) electrons. The molecule has 7 heteroatoms. The van der Waals surface area contributed by atoms with Crippen LogP contribution in [-0.2, 0) is 12.7 Å². The Morgan fingerprint density at radius 2 is 1.96 bits per heavy atom. The molecule has 0 amide bonds. The number of hydrogen-bond acceptors (Lipinski definition) is 4. The van der Waals surface area contributed by atoms with Crippen molar-refractivity contribution in [3.05, 3.63) is 59.2 Å². The number of aliphatic hydroxyl groups is 1. The molecular formula is C16H11F3N2OS. The van der Waals surface area contributed by atoms with Crippen LogP contribution in [0.3, 0.4) is 0 Å². The predicted molar refractivity (Wildman–Crippen MR) is 82.2 cm³/mol. The molecule has 0 spiro atoms. The first-order chi connectivity index (χ1) is 10.9. The third-order valence-electron chi connectivity index (χ3n) is 3.92. The molecule has 0 bridgehead atoms. The van der Waals surface area contributed by atoms with Gasteiger partial charge in [-0.3, -0.25) is 0 Å². The lowest BCUT2D eigenvalue weighted by Gasteiger charge is -2.19. The molecule has 1 aromatic heterocycles. The Balaban J connectivity index is 1.74. The van der Waals surface area contributed by atoms with Crippen molar-refractivity contribution < 1.29 is 18.3 Å². The van der Waals surface area contributed by atoms with Crippen molar-refractivity contribution in [2.45, 2.75) is 18.9 Å². The third-order valence-corrected chi connectivity index (χ3v) is 4.97. The van der Waals surface area contributed by atoms with Gasteiger partial charge < -0.3 is 10.0 Å². The van der Waals surface area contributed by atoms with E-state index in [2.05, 4.69) is 4.98 Å². The highest BCUT2D eigenvalue weighted by Crippen LogP contribution is 2.40. The smallest absolute Gasteiger partial charge is 0.369 e. The molecule has 118 valence electrons. The Labute approximate surface area is 133 Å². The number of benzene rings is 2. The van der Waals surface area contributed by atoms with Gasteiger partial charge in [-0.05, 0) is 23.8 Å². The van der Waals surface area contributed by atoms with E-state index >= 15 is 0 Å². The van der Waals surface area contributed by atoms with E-state index in [1.165, 1.54) is 6.07 Å². The molecule has 0 saturated carbocycles. The van der Waals surface area contributed by atoms with Crippen molar-refractivity contribution in [1.29, 1.82) is 0 Å². The van der Waals surface area contributed by atoms with E-state index in [0.717, 1.165) is 34.6 Å². The number of anilines is 1. The van der Waals surface area contributed by atoms with Gasteiger partial charge in [-0.25, -0.2) is 4.98 Å². The number of aliphatic hydroxyl groups excluding tert-OH is 1. The van der Waals surface area contributed by atoms with Gasteiger partial charge in [0.1, 0.15) is 0 Å². The van der Waals surface area contributed by atoms with Crippen LogP contribution >= 0.6 is 11.3 Å². The SMILES string of the molecule is OC1c2ccccc2CN1c1nc2ccc(C(F)(F)F)cc2s1. The van der Waals surface area contributed by atoms with Crippen LogP contribution in [0, 0.1) is 0 Å². The van der Waals surface area contributed by atoms with Crippen LogP contribution in [0.25, 0.3) is 10.2 Å². The van der Waals surface area contributed by atoms with Crippen LogP contribution in [0.5, 0.6) is 0 Å². The number of nitrogens with zero attached hydrogens (tertiary/aromatic N) is 2. The second kappa shape index (κ2) is 4.94. The van der Waals surface area contributed by atoms with Gasteiger partial charge in [0.15, 0.2) is 11.4 Å². The fourth-order valence-corrected chi connectivity index (χ4v) is 3.78. The molecule has 2 heterocycles. The molecule has 0 fully saturated rings. The van der Waals surface area contributed by atoms with E-state index in [-0.39, 0.29) is 0 Å². The Morgan fingerprint density at radius 1 is 1.17 bits per heavy atom. The zero-order chi connectivity index (χ0) is 16.2. The summed E-state index contributed by atoms with van der Waals surface area (Å²) in [5.74, 6) is 0. The first kappa shape index (κ1) is 14.5. The fraction of sp³-hybridized carbons (Fsp3) is 0.188. The van der Waals surface area contributed by atoms with Gasteiger partial charge in [0.2, 0.25) is 0 Å². The minimum Gasteiger partial charge on any atom is -0.369 e. The number of rotatable bonds is 1. The molecule has 0 saturated heterocycles. The summed E-state index contributed by atoms with van der Waals surface area (Å²) in [5, 5.41) is 10.9. The minimum absolute atomic E-state index is 0.456. The van der Waals surface area contributed by atoms with E-state index in [0.29, 0.717) is 21.9 Å². The molecular weight excluding hydrogens is 325 g/mol. The number of aromatic nitrogens is 1. The molecule has 3 aromatic rings. The molecule has 1 aliphatic heterocycles. The lowest BCUT2D eigenvalue weighted by Crippen LogP contribution is -2.20. The quantitative estimate of drug-likeness (QED) is 0.719. The zero-order valence-corrected chi connectivity index (χ0v) is 12.5. The van der Waals surface area contributed by atoms with Crippen LogP contribution in [0.4, 0.5) is 18.3 Å². The highest BCUT2D eigenvalue weighted by atomic mass is 32.1. The lowest BCUT2D eigenvalue weighted by molar-refractivity contribution is -0.137. The van der Waals surface area contributed by atoms with Gasteiger partial charge in [-0.15, -0.1) is 0 Å². The third kappa shape index (κ3) is 2.36. The van der Waals surface area contributed by atoms with Crippen LogP contribution in [-0.4, -0.2) is 10.1 Å². The van der Waals surface area contributed by atoms with E-state index < -0.39 is 18.0 Å². The van der Waals surface area contributed by atoms with Crippen molar-refractivity contribution >= 4 is 26.7 Å². The summed E-state index contributed by atoms with van der Waals surface area (Å²) in [6.45, 7) is 0.489. The average Bonchev–Trinajstić information content (AvgIpc) is 3.07. The van der Waals surface area contributed by atoms with Crippen LogP contribution in [0.2, 0.25) is 0 Å². The Morgan fingerprint density at radius 3 is 2.70 bits per heavy atom. The zero-order valence-electron chi connectivity index (χ0n) is 11.7.